The van der Waals surface area contributed by atoms with Gasteiger partial charge >= 0.3 is 0 Å². The van der Waals surface area contributed by atoms with E-state index in [0.717, 1.165) is 25.8 Å². The smallest absolute Gasteiger partial charge is 0.223 e. The Morgan fingerprint density at radius 2 is 2.00 bits per heavy atom. The lowest BCUT2D eigenvalue weighted by molar-refractivity contribution is -0.133. The maximum Gasteiger partial charge on any atom is 0.223 e. The highest BCUT2D eigenvalue weighted by molar-refractivity contribution is 5.88. The van der Waals surface area contributed by atoms with E-state index < -0.39 is 0 Å². The molecule has 0 bridgehead atoms. The molecule has 0 radical (unpaired) electrons. The standard InChI is InChI=1S/C11H17NO2/c13-10(9-4-1-2-5-9)8-12-7-3-6-11(12)14/h9H,1-8H2. The summed E-state index contributed by atoms with van der Waals surface area (Å²) in [6, 6.07) is 0. The average Bonchev–Trinajstić information content (AvgIpc) is 2.77. The molecule has 1 heterocycles. The molecule has 0 aromatic carbocycles. The van der Waals surface area contributed by atoms with Gasteiger partial charge < -0.3 is 4.90 Å². The van der Waals surface area contributed by atoms with Crippen molar-refractivity contribution in [3.8, 4) is 0 Å². The van der Waals surface area contributed by atoms with E-state index in [0.29, 0.717) is 13.0 Å². The molecule has 0 atom stereocenters. The molecular formula is C11H17NO2. The van der Waals surface area contributed by atoms with Gasteiger partial charge in [-0.05, 0) is 19.3 Å². The molecule has 78 valence electrons. The van der Waals surface area contributed by atoms with Crippen LogP contribution in [0.4, 0.5) is 0 Å². The molecule has 1 amide bonds. The molecular weight excluding hydrogens is 178 g/mol. The monoisotopic (exact) mass is 195 g/mol. The van der Waals surface area contributed by atoms with Gasteiger partial charge in [-0.3, -0.25) is 9.59 Å². The van der Waals surface area contributed by atoms with Crippen LogP contribution in [-0.4, -0.2) is 29.7 Å². The number of Topliss-reactive ketones (excluding diaryl/α,β-unsaturated/α-hetero) is 1. The fourth-order valence-corrected chi connectivity index (χ4v) is 2.44. The Kier molecular flexibility index (Phi) is 2.85. The summed E-state index contributed by atoms with van der Waals surface area (Å²) in [5, 5.41) is 0. The van der Waals surface area contributed by atoms with Gasteiger partial charge in [0.15, 0.2) is 5.78 Å². The molecule has 0 N–H and O–H groups in total. The molecule has 0 spiro atoms. The van der Waals surface area contributed by atoms with E-state index in [1.807, 2.05) is 0 Å². The summed E-state index contributed by atoms with van der Waals surface area (Å²) in [7, 11) is 0. The number of carbonyl (C=O) groups excluding carboxylic acids is 2. The Labute approximate surface area is 84.5 Å². The Bertz CT molecular complexity index is 244. The van der Waals surface area contributed by atoms with Crippen molar-refractivity contribution in [2.75, 3.05) is 13.1 Å². The number of ketones is 1. The van der Waals surface area contributed by atoms with Crippen molar-refractivity contribution in [1.29, 1.82) is 0 Å². The molecule has 3 nitrogen and oxygen atoms in total. The topological polar surface area (TPSA) is 37.4 Å². The largest absolute Gasteiger partial charge is 0.335 e. The minimum Gasteiger partial charge on any atom is -0.335 e. The van der Waals surface area contributed by atoms with Crippen molar-refractivity contribution < 1.29 is 9.59 Å². The van der Waals surface area contributed by atoms with Gasteiger partial charge in [0.2, 0.25) is 5.91 Å². The highest BCUT2D eigenvalue weighted by Gasteiger charge is 2.27. The number of carbonyl (C=O) groups is 2. The summed E-state index contributed by atoms with van der Waals surface area (Å²) < 4.78 is 0. The molecule has 1 aliphatic heterocycles. The van der Waals surface area contributed by atoms with Crippen LogP contribution in [0.3, 0.4) is 0 Å². The lowest BCUT2D eigenvalue weighted by Crippen LogP contribution is -2.33. The highest BCUT2D eigenvalue weighted by atomic mass is 16.2. The zero-order valence-electron chi connectivity index (χ0n) is 8.50. The number of amides is 1. The summed E-state index contributed by atoms with van der Waals surface area (Å²) >= 11 is 0. The van der Waals surface area contributed by atoms with Crippen LogP contribution in [0.25, 0.3) is 0 Å². The van der Waals surface area contributed by atoms with E-state index in [1.165, 1.54) is 12.8 Å². The number of rotatable bonds is 3. The lowest BCUT2D eigenvalue weighted by Gasteiger charge is -2.16. The SMILES string of the molecule is O=C(CN1CCCC1=O)C1CCCC1. The first-order chi connectivity index (χ1) is 6.77. The van der Waals surface area contributed by atoms with Crippen molar-refractivity contribution in [3.05, 3.63) is 0 Å². The minimum absolute atomic E-state index is 0.163. The summed E-state index contributed by atoms with van der Waals surface area (Å²) in [5.41, 5.74) is 0. The van der Waals surface area contributed by atoms with Crippen LogP contribution in [0.15, 0.2) is 0 Å². The summed E-state index contributed by atoms with van der Waals surface area (Å²) in [6.45, 7) is 1.17. The van der Waals surface area contributed by atoms with Crippen molar-refractivity contribution in [3.63, 3.8) is 0 Å². The lowest BCUT2D eigenvalue weighted by atomic mass is 10.0. The van der Waals surface area contributed by atoms with E-state index in [2.05, 4.69) is 0 Å². The second kappa shape index (κ2) is 4.11. The predicted octanol–water partition coefficient (Wildman–Crippen LogP) is 1.37. The molecule has 0 aromatic heterocycles. The first-order valence-corrected chi connectivity index (χ1v) is 5.58. The van der Waals surface area contributed by atoms with Gasteiger partial charge in [0.1, 0.15) is 0 Å². The van der Waals surface area contributed by atoms with Crippen molar-refractivity contribution >= 4 is 11.7 Å². The van der Waals surface area contributed by atoms with Crippen LogP contribution in [0.5, 0.6) is 0 Å². The third kappa shape index (κ3) is 1.97. The van der Waals surface area contributed by atoms with Crippen LogP contribution in [-0.2, 0) is 9.59 Å². The van der Waals surface area contributed by atoms with Gasteiger partial charge in [-0.1, -0.05) is 12.8 Å². The van der Waals surface area contributed by atoms with Crippen LogP contribution in [0.2, 0.25) is 0 Å². The Morgan fingerprint density at radius 1 is 1.29 bits per heavy atom. The number of hydrogen-bond acceptors (Lipinski definition) is 2. The van der Waals surface area contributed by atoms with Gasteiger partial charge in [0, 0.05) is 18.9 Å². The zero-order valence-corrected chi connectivity index (χ0v) is 8.50. The molecule has 1 aliphatic carbocycles. The van der Waals surface area contributed by atoms with E-state index in [9.17, 15) is 9.59 Å². The van der Waals surface area contributed by atoms with Crippen LogP contribution < -0.4 is 0 Å². The summed E-state index contributed by atoms with van der Waals surface area (Å²) in [4.78, 5) is 24.8. The second-order valence-corrected chi connectivity index (χ2v) is 4.37. The number of hydrogen-bond donors (Lipinski definition) is 0. The van der Waals surface area contributed by atoms with Crippen molar-refractivity contribution in [2.24, 2.45) is 5.92 Å². The Balaban J connectivity index is 1.84. The fourth-order valence-electron chi connectivity index (χ4n) is 2.44. The van der Waals surface area contributed by atoms with Crippen LogP contribution in [0.1, 0.15) is 38.5 Å². The number of nitrogens with zero attached hydrogens (tertiary/aromatic N) is 1. The second-order valence-electron chi connectivity index (χ2n) is 4.37. The molecule has 2 rings (SSSR count). The van der Waals surface area contributed by atoms with E-state index in [1.54, 1.807) is 4.90 Å². The molecule has 14 heavy (non-hydrogen) atoms. The third-order valence-corrected chi connectivity index (χ3v) is 3.33. The summed E-state index contributed by atoms with van der Waals surface area (Å²) in [6.07, 6.45) is 6.02. The maximum atomic E-state index is 11.8. The molecule has 2 fully saturated rings. The van der Waals surface area contributed by atoms with Crippen molar-refractivity contribution in [2.45, 2.75) is 38.5 Å². The molecule has 0 unspecified atom stereocenters. The van der Waals surface area contributed by atoms with Crippen molar-refractivity contribution in [1.82, 2.24) is 4.90 Å². The number of likely N-dealkylation sites (tertiary alicyclic amines) is 1. The van der Waals surface area contributed by atoms with Crippen LogP contribution in [0, 0.1) is 5.92 Å². The quantitative estimate of drug-likeness (QED) is 0.682. The molecule has 1 saturated carbocycles. The van der Waals surface area contributed by atoms with Crippen LogP contribution >= 0.6 is 0 Å². The Hall–Kier alpha value is -0.860. The van der Waals surface area contributed by atoms with E-state index >= 15 is 0 Å². The fraction of sp³-hybridized carbons (Fsp3) is 0.818. The zero-order chi connectivity index (χ0) is 9.97. The third-order valence-electron chi connectivity index (χ3n) is 3.33. The van der Waals surface area contributed by atoms with Gasteiger partial charge in [-0.2, -0.15) is 0 Å². The minimum atomic E-state index is 0.163. The van der Waals surface area contributed by atoms with Gasteiger partial charge in [0.25, 0.3) is 0 Å². The van der Waals surface area contributed by atoms with Gasteiger partial charge in [0.05, 0.1) is 6.54 Å². The first-order valence-electron chi connectivity index (χ1n) is 5.58. The normalized spacial score (nSPS) is 23.4. The molecule has 1 saturated heterocycles. The van der Waals surface area contributed by atoms with E-state index in [4.69, 9.17) is 0 Å². The first kappa shape index (κ1) is 9.69. The summed E-state index contributed by atoms with van der Waals surface area (Å²) in [5.74, 6) is 0.706. The predicted molar refractivity (Wildman–Crippen MR) is 52.8 cm³/mol. The van der Waals surface area contributed by atoms with Gasteiger partial charge in [-0.15, -0.1) is 0 Å². The highest BCUT2D eigenvalue weighted by Crippen LogP contribution is 2.26. The molecule has 0 aromatic rings. The molecule has 3 heteroatoms. The Morgan fingerprint density at radius 3 is 2.57 bits per heavy atom. The van der Waals surface area contributed by atoms with Gasteiger partial charge in [-0.25, -0.2) is 0 Å². The molecule has 2 aliphatic rings. The average molecular weight is 195 g/mol. The van der Waals surface area contributed by atoms with E-state index in [-0.39, 0.29) is 17.6 Å². The maximum absolute atomic E-state index is 11.8.